The standard InChI is InChI=1S/C15H20N2O2/c18-14-4-2-1-3-12(14)17-15(19)11-6-5-10-7-8-16-13(10)9-11/h5-6,9,12,14,16,18H,1-4,7-8H2,(H,17,19). The minimum absolute atomic E-state index is 0.0811. The number of anilines is 1. The molecule has 1 heterocycles. The number of amides is 1. The highest BCUT2D eigenvalue weighted by molar-refractivity contribution is 5.95. The van der Waals surface area contributed by atoms with Gasteiger partial charge in [-0.25, -0.2) is 0 Å². The smallest absolute Gasteiger partial charge is 0.251 e. The molecule has 0 saturated heterocycles. The molecule has 3 N–H and O–H groups in total. The molecule has 19 heavy (non-hydrogen) atoms. The molecule has 102 valence electrons. The van der Waals surface area contributed by atoms with Crippen LogP contribution >= 0.6 is 0 Å². The van der Waals surface area contributed by atoms with Crippen LogP contribution in [0.15, 0.2) is 18.2 Å². The van der Waals surface area contributed by atoms with Gasteiger partial charge in [0.25, 0.3) is 5.91 Å². The van der Waals surface area contributed by atoms with E-state index in [1.807, 2.05) is 18.2 Å². The van der Waals surface area contributed by atoms with Crippen LogP contribution in [0.4, 0.5) is 5.69 Å². The predicted octanol–water partition coefficient (Wildman–Crippen LogP) is 1.69. The van der Waals surface area contributed by atoms with Crippen LogP contribution in [0.25, 0.3) is 0 Å². The van der Waals surface area contributed by atoms with Gasteiger partial charge in [-0.2, -0.15) is 0 Å². The molecule has 1 fully saturated rings. The quantitative estimate of drug-likeness (QED) is 0.758. The van der Waals surface area contributed by atoms with Crippen LogP contribution in [0.3, 0.4) is 0 Å². The zero-order valence-corrected chi connectivity index (χ0v) is 11.0. The minimum Gasteiger partial charge on any atom is -0.391 e. The van der Waals surface area contributed by atoms with Crippen molar-refractivity contribution in [1.29, 1.82) is 0 Å². The van der Waals surface area contributed by atoms with Crippen LogP contribution in [0.2, 0.25) is 0 Å². The first-order valence-electron chi connectivity index (χ1n) is 7.10. The maximum atomic E-state index is 12.2. The van der Waals surface area contributed by atoms with Crippen LogP contribution < -0.4 is 10.6 Å². The van der Waals surface area contributed by atoms with E-state index in [1.165, 1.54) is 5.56 Å². The summed E-state index contributed by atoms with van der Waals surface area (Å²) in [6.07, 6.45) is 4.42. The van der Waals surface area contributed by atoms with Crippen LogP contribution in [-0.2, 0) is 6.42 Å². The molecule has 0 radical (unpaired) electrons. The summed E-state index contributed by atoms with van der Waals surface area (Å²) in [7, 11) is 0. The molecule has 0 bridgehead atoms. The van der Waals surface area contributed by atoms with Gasteiger partial charge in [0.2, 0.25) is 0 Å². The van der Waals surface area contributed by atoms with Crippen molar-refractivity contribution in [3.8, 4) is 0 Å². The number of nitrogens with one attached hydrogen (secondary N) is 2. The molecular formula is C15H20N2O2. The van der Waals surface area contributed by atoms with Crippen LogP contribution in [0, 0.1) is 0 Å². The summed E-state index contributed by atoms with van der Waals surface area (Å²) in [5, 5.41) is 16.1. The number of hydrogen-bond donors (Lipinski definition) is 3. The normalized spacial score (nSPS) is 25.5. The summed E-state index contributed by atoms with van der Waals surface area (Å²) in [4.78, 5) is 12.2. The van der Waals surface area contributed by atoms with Crippen molar-refractivity contribution < 1.29 is 9.90 Å². The van der Waals surface area contributed by atoms with E-state index in [0.717, 1.165) is 44.3 Å². The largest absolute Gasteiger partial charge is 0.391 e. The number of aliphatic hydroxyl groups excluding tert-OH is 1. The molecule has 4 heteroatoms. The summed E-state index contributed by atoms with van der Waals surface area (Å²) in [6, 6.07) is 5.70. The zero-order valence-electron chi connectivity index (χ0n) is 11.0. The molecule has 2 unspecified atom stereocenters. The lowest BCUT2D eigenvalue weighted by Gasteiger charge is -2.28. The second-order valence-corrected chi connectivity index (χ2v) is 5.48. The van der Waals surface area contributed by atoms with Crippen molar-refractivity contribution in [1.82, 2.24) is 5.32 Å². The van der Waals surface area contributed by atoms with Crippen molar-refractivity contribution in [3.05, 3.63) is 29.3 Å². The minimum atomic E-state index is -0.398. The van der Waals surface area contributed by atoms with Crippen LogP contribution in [0.1, 0.15) is 41.6 Å². The third-order valence-electron chi connectivity index (χ3n) is 4.13. The number of benzene rings is 1. The summed E-state index contributed by atoms with van der Waals surface area (Å²) in [6.45, 7) is 0.946. The van der Waals surface area contributed by atoms with Gasteiger partial charge < -0.3 is 15.7 Å². The van der Waals surface area contributed by atoms with Gasteiger partial charge in [0.1, 0.15) is 0 Å². The predicted molar refractivity (Wildman–Crippen MR) is 74.4 cm³/mol. The molecule has 0 spiro atoms. The van der Waals surface area contributed by atoms with Gasteiger partial charge in [-0.15, -0.1) is 0 Å². The maximum absolute atomic E-state index is 12.2. The van der Waals surface area contributed by atoms with Crippen LogP contribution in [0.5, 0.6) is 0 Å². The Morgan fingerprint density at radius 3 is 3.00 bits per heavy atom. The molecule has 1 amide bonds. The van der Waals surface area contributed by atoms with Crippen molar-refractivity contribution >= 4 is 11.6 Å². The fraction of sp³-hybridized carbons (Fsp3) is 0.533. The van der Waals surface area contributed by atoms with Crippen molar-refractivity contribution in [3.63, 3.8) is 0 Å². The molecule has 1 aromatic carbocycles. The summed E-state index contributed by atoms with van der Waals surface area (Å²) in [5.41, 5.74) is 3.01. The lowest BCUT2D eigenvalue weighted by atomic mass is 9.92. The van der Waals surface area contributed by atoms with Gasteiger partial charge in [-0.3, -0.25) is 4.79 Å². The fourth-order valence-electron chi connectivity index (χ4n) is 2.96. The average molecular weight is 260 g/mol. The topological polar surface area (TPSA) is 61.4 Å². The number of carbonyl (C=O) groups excluding carboxylic acids is 1. The Balaban J connectivity index is 1.70. The van der Waals surface area contributed by atoms with Gasteiger partial charge in [-0.1, -0.05) is 18.9 Å². The average Bonchev–Trinajstić information content (AvgIpc) is 2.88. The molecule has 1 aromatic rings. The first kappa shape index (κ1) is 12.5. The number of rotatable bonds is 2. The first-order chi connectivity index (χ1) is 9.24. The van der Waals surface area contributed by atoms with E-state index in [9.17, 15) is 9.90 Å². The van der Waals surface area contributed by atoms with E-state index < -0.39 is 6.10 Å². The third kappa shape index (κ3) is 2.59. The third-order valence-corrected chi connectivity index (χ3v) is 4.13. The molecular weight excluding hydrogens is 240 g/mol. The van der Waals surface area contributed by atoms with E-state index >= 15 is 0 Å². The Morgan fingerprint density at radius 2 is 2.16 bits per heavy atom. The first-order valence-corrected chi connectivity index (χ1v) is 7.10. The van der Waals surface area contributed by atoms with E-state index in [4.69, 9.17) is 0 Å². The number of hydrogen-bond acceptors (Lipinski definition) is 3. The number of fused-ring (bicyclic) bond motifs is 1. The van der Waals surface area contributed by atoms with Gasteiger partial charge in [0.15, 0.2) is 0 Å². The highest BCUT2D eigenvalue weighted by Crippen LogP contribution is 2.24. The summed E-state index contributed by atoms with van der Waals surface area (Å²) < 4.78 is 0. The highest BCUT2D eigenvalue weighted by Gasteiger charge is 2.25. The molecule has 1 aliphatic carbocycles. The highest BCUT2D eigenvalue weighted by atomic mass is 16.3. The van der Waals surface area contributed by atoms with Gasteiger partial charge in [0.05, 0.1) is 12.1 Å². The van der Waals surface area contributed by atoms with E-state index in [0.29, 0.717) is 5.56 Å². The van der Waals surface area contributed by atoms with E-state index in [-0.39, 0.29) is 11.9 Å². The van der Waals surface area contributed by atoms with E-state index in [1.54, 1.807) is 0 Å². The Bertz CT molecular complexity index is 487. The fourth-order valence-corrected chi connectivity index (χ4v) is 2.96. The van der Waals surface area contributed by atoms with Gasteiger partial charge >= 0.3 is 0 Å². The molecule has 1 aliphatic heterocycles. The molecule has 4 nitrogen and oxygen atoms in total. The molecule has 3 rings (SSSR count). The maximum Gasteiger partial charge on any atom is 0.251 e. The Labute approximate surface area is 113 Å². The van der Waals surface area contributed by atoms with Gasteiger partial charge in [-0.05, 0) is 37.0 Å². The summed E-state index contributed by atoms with van der Waals surface area (Å²) >= 11 is 0. The van der Waals surface area contributed by atoms with Crippen LogP contribution in [-0.4, -0.2) is 29.7 Å². The monoisotopic (exact) mass is 260 g/mol. The second-order valence-electron chi connectivity index (χ2n) is 5.48. The zero-order chi connectivity index (χ0) is 13.2. The molecule has 2 atom stereocenters. The lowest BCUT2D eigenvalue weighted by molar-refractivity contribution is 0.0717. The number of carbonyl (C=O) groups is 1. The van der Waals surface area contributed by atoms with Gasteiger partial charge in [0, 0.05) is 17.8 Å². The SMILES string of the molecule is O=C(NC1CCCCC1O)c1ccc2c(c1)NCC2. The summed E-state index contributed by atoms with van der Waals surface area (Å²) in [5.74, 6) is -0.0811. The Morgan fingerprint density at radius 1 is 1.32 bits per heavy atom. The molecule has 2 aliphatic rings. The Hall–Kier alpha value is -1.55. The van der Waals surface area contributed by atoms with Crippen molar-refractivity contribution in [2.45, 2.75) is 44.2 Å². The molecule has 1 saturated carbocycles. The number of aliphatic hydroxyl groups is 1. The van der Waals surface area contributed by atoms with Crippen molar-refractivity contribution in [2.24, 2.45) is 0 Å². The van der Waals surface area contributed by atoms with E-state index in [2.05, 4.69) is 10.6 Å². The van der Waals surface area contributed by atoms with Crippen molar-refractivity contribution in [2.75, 3.05) is 11.9 Å². The Kier molecular flexibility index (Phi) is 3.42. The lowest BCUT2D eigenvalue weighted by Crippen LogP contribution is -2.45. The molecule has 0 aromatic heterocycles. The second kappa shape index (κ2) is 5.21.